The van der Waals surface area contributed by atoms with Gasteiger partial charge in [0.25, 0.3) is 0 Å². The number of hydrogen-bond acceptors (Lipinski definition) is 5. The summed E-state index contributed by atoms with van der Waals surface area (Å²) in [6.45, 7) is 1.18. The van der Waals surface area contributed by atoms with E-state index in [9.17, 15) is 4.79 Å². The Labute approximate surface area is 149 Å². The molecule has 128 valence electrons. The molecule has 0 atom stereocenters. The van der Waals surface area contributed by atoms with Crippen molar-refractivity contribution in [2.75, 3.05) is 18.4 Å². The summed E-state index contributed by atoms with van der Waals surface area (Å²) in [7, 11) is 0. The van der Waals surface area contributed by atoms with E-state index in [1.807, 2.05) is 12.3 Å². The molecule has 0 radical (unpaired) electrons. The summed E-state index contributed by atoms with van der Waals surface area (Å²) in [5, 5.41) is 7.56. The quantitative estimate of drug-likeness (QED) is 0.590. The van der Waals surface area contributed by atoms with Crippen molar-refractivity contribution >= 4 is 34.4 Å². The summed E-state index contributed by atoms with van der Waals surface area (Å²) in [6, 6.07) is 3.64. The molecule has 7 nitrogen and oxygen atoms in total. The predicted octanol–water partition coefficient (Wildman–Crippen LogP) is 2.61. The van der Waals surface area contributed by atoms with Crippen molar-refractivity contribution in [2.45, 2.75) is 12.8 Å². The minimum absolute atomic E-state index is 0.147. The third kappa shape index (κ3) is 3.56. The fraction of sp³-hybridized carbons (Fsp3) is 0.294. The molecule has 0 aromatic carbocycles. The number of carbonyl (C=O) groups is 1. The predicted molar refractivity (Wildman–Crippen MR) is 96.4 cm³/mol. The summed E-state index contributed by atoms with van der Waals surface area (Å²) in [5.74, 6) is 1.67. The van der Waals surface area contributed by atoms with Gasteiger partial charge in [-0.05, 0) is 25.0 Å². The van der Waals surface area contributed by atoms with Crippen LogP contribution in [0.1, 0.15) is 12.8 Å². The molecule has 1 saturated carbocycles. The Bertz CT molecular complexity index is 920. The van der Waals surface area contributed by atoms with Crippen LogP contribution in [0.3, 0.4) is 0 Å². The topological polar surface area (TPSA) is 95.6 Å². The molecule has 8 heteroatoms. The number of pyridine rings is 1. The Morgan fingerprint density at radius 2 is 2.20 bits per heavy atom. The molecule has 0 bridgehead atoms. The largest absolute Gasteiger partial charge is 0.368 e. The van der Waals surface area contributed by atoms with Crippen molar-refractivity contribution in [3.63, 3.8) is 0 Å². The van der Waals surface area contributed by atoms with E-state index in [0.29, 0.717) is 29.8 Å². The van der Waals surface area contributed by atoms with Crippen molar-refractivity contribution in [3.8, 4) is 11.4 Å². The monoisotopic (exact) mass is 356 g/mol. The Morgan fingerprint density at radius 1 is 1.32 bits per heavy atom. The van der Waals surface area contributed by atoms with Crippen LogP contribution in [0.15, 0.2) is 30.7 Å². The van der Waals surface area contributed by atoms with Gasteiger partial charge >= 0.3 is 0 Å². The highest BCUT2D eigenvalue weighted by atomic mass is 35.5. The fourth-order valence-electron chi connectivity index (χ4n) is 2.62. The minimum Gasteiger partial charge on any atom is -0.368 e. The highest BCUT2D eigenvalue weighted by Crippen LogP contribution is 2.29. The maximum Gasteiger partial charge on any atom is 0.223 e. The first-order valence-electron chi connectivity index (χ1n) is 8.18. The third-order valence-corrected chi connectivity index (χ3v) is 4.28. The van der Waals surface area contributed by atoms with Crippen molar-refractivity contribution in [1.82, 2.24) is 25.3 Å². The van der Waals surface area contributed by atoms with E-state index >= 15 is 0 Å². The standard InChI is InChI=1S/C17H17ClN6O/c18-11-7-12-13(9-23-15(12)22-8-11)16-20-4-3-14(24-16)19-5-6-21-17(25)10-1-2-10/h3-4,7-10H,1-2,5-6H2,(H,21,25)(H,22,23)(H,19,20,24). The molecule has 1 aliphatic rings. The number of H-pyrrole nitrogens is 1. The average Bonchev–Trinajstić information content (AvgIpc) is 3.39. The van der Waals surface area contributed by atoms with E-state index < -0.39 is 0 Å². The normalized spacial score (nSPS) is 13.8. The molecule has 0 spiro atoms. The second kappa shape index (κ2) is 6.68. The van der Waals surface area contributed by atoms with Gasteiger partial charge in [-0.1, -0.05) is 11.6 Å². The second-order valence-electron chi connectivity index (χ2n) is 6.01. The van der Waals surface area contributed by atoms with Gasteiger partial charge in [0.05, 0.1) is 5.02 Å². The van der Waals surface area contributed by atoms with Crippen LogP contribution >= 0.6 is 11.6 Å². The van der Waals surface area contributed by atoms with Crippen LogP contribution in [-0.4, -0.2) is 38.9 Å². The Hall–Kier alpha value is -2.67. The molecule has 1 fully saturated rings. The Kier molecular flexibility index (Phi) is 4.23. The van der Waals surface area contributed by atoms with Crippen LogP contribution < -0.4 is 10.6 Å². The summed E-state index contributed by atoms with van der Waals surface area (Å²) >= 11 is 6.04. The molecular weight excluding hydrogens is 340 g/mol. The van der Waals surface area contributed by atoms with Crippen LogP contribution in [0.2, 0.25) is 5.02 Å². The number of hydrogen-bond donors (Lipinski definition) is 3. The number of nitrogens with one attached hydrogen (secondary N) is 3. The van der Waals surface area contributed by atoms with Gasteiger partial charge in [0.1, 0.15) is 11.5 Å². The fourth-order valence-corrected chi connectivity index (χ4v) is 2.77. The highest BCUT2D eigenvalue weighted by molar-refractivity contribution is 6.31. The SMILES string of the molecule is O=C(NCCNc1ccnc(-c2c[nH]c3ncc(Cl)cc23)n1)C1CC1. The highest BCUT2D eigenvalue weighted by Gasteiger charge is 2.28. The van der Waals surface area contributed by atoms with Gasteiger partial charge in [0.2, 0.25) is 5.91 Å². The molecule has 0 saturated heterocycles. The van der Waals surface area contributed by atoms with E-state index in [0.717, 1.165) is 29.4 Å². The molecule has 0 aliphatic heterocycles. The van der Waals surface area contributed by atoms with E-state index in [1.54, 1.807) is 18.5 Å². The van der Waals surface area contributed by atoms with Crippen LogP contribution in [0.25, 0.3) is 22.4 Å². The summed E-state index contributed by atoms with van der Waals surface area (Å²) < 4.78 is 0. The molecule has 3 heterocycles. The van der Waals surface area contributed by atoms with Gasteiger partial charge in [-0.3, -0.25) is 4.79 Å². The number of aromatic amines is 1. The van der Waals surface area contributed by atoms with Crippen molar-refractivity contribution in [2.24, 2.45) is 5.92 Å². The van der Waals surface area contributed by atoms with Gasteiger partial charge in [-0.15, -0.1) is 0 Å². The maximum absolute atomic E-state index is 11.6. The molecule has 4 rings (SSSR count). The number of aromatic nitrogens is 4. The molecule has 0 unspecified atom stereocenters. The van der Waals surface area contributed by atoms with E-state index in [4.69, 9.17) is 11.6 Å². The molecule has 3 aromatic heterocycles. The van der Waals surface area contributed by atoms with Gasteiger partial charge < -0.3 is 15.6 Å². The lowest BCUT2D eigenvalue weighted by Crippen LogP contribution is -2.29. The number of fused-ring (bicyclic) bond motifs is 1. The van der Waals surface area contributed by atoms with Crippen molar-refractivity contribution in [1.29, 1.82) is 0 Å². The number of anilines is 1. The number of carbonyl (C=O) groups excluding carboxylic acids is 1. The first kappa shape index (κ1) is 15.8. The lowest BCUT2D eigenvalue weighted by Gasteiger charge is -2.08. The Balaban J connectivity index is 1.45. The summed E-state index contributed by atoms with van der Waals surface area (Å²) in [6.07, 6.45) is 7.14. The number of nitrogens with zero attached hydrogens (tertiary/aromatic N) is 3. The van der Waals surface area contributed by atoms with Gasteiger partial charge in [0, 0.05) is 48.5 Å². The van der Waals surface area contributed by atoms with Crippen molar-refractivity contribution < 1.29 is 4.79 Å². The van der Waals surface area contributed by atoms with Crippen LogP contribution in [0, 0.1) is 5.92 Å². The van der Waals surface area contributed by atoms with Gasteiger partial charge in [-0.2, -0.15) is 0 Å². The third-order valence-electron chi connectivity index (χ3n) is 4.07. The minimum atomic E-state index is 0.147. The molecule has 1 aliphatic carbocycles. The second-order valence-corrected chi connectivity index (χ2v) is 6.45. The van der Waals surface area contributed by atoms with E-state index in [1.165, 1.54) is 0 Å². The maximum atomic E-state index is 11.6. The first-order chi connectivity index (χ1) is 12.2. The molecular formula is C17H17ClN6O. The molecule has 1 amide bonds. The Morgan fingerprint density at radius 3 is 3.04 bits per heavy atom. The number of rotatable bonds is 6. The van der Waals surface area contributed by atoms with E-state index in [2.05, 4.69) is 30.6 Å². The lowest BCUT2D eigenvalue weighted by molar-refractivity contribution is -0.122. The number of halogens is 1. The molecule has 3 aromatic rings. The molecule has 25 heavy (non-hydrogen) atoms. The van der Waals surface area contributed by atoms with Crippen LogP contribution in [-0.2, 0) is 4.79 Å². The lowest BCUT2D eigenvalue weighted by atomic mass is 10.2. The zero-order valence-electron chi connectivity index (χ0n) is 13.4. The summed E-state index contributed by atoms with van der Waals surface area (Å²) in [4.78, 5) is 27.8. The van der Waals surface area contributed by atoms with Crippen LogP contribution in [0.4, 0.5) is 5.82 Å². The summed E-state index contributed by atoms with van der Waals surface area (Å²) in [5.41, 5.74) is 1.58. The zero-order chi connectivity index (χ0) is 17.2. The number of amides is 1. The van der Waals surface area contributed by atoms with Gasteiger partial charge in [0.15, 0.2) is 5.82 Å². The van der Waals surface area contributed by atoms with Crippen molar-refractivity contribution in [3.05, 3.63) is 35.7 Å². The van der Waals surface area contributed by atoms with E-state index in [-0.39, 0.29) is 11.8 Å². The van der Waals surface area contributed by atoms with Crippen LogP contribution in [0.5, 0.6) is 0 Å². The molecule has 3 N–H and O–H groups in total. The first-order valence-corrected chi connectivity index (χ1v) is 8.56. The zero-order valence-corrected chi connectivity index (χ0v) is 14.2. The average molecular weight is 357 g/mol. The smallest absolute Gasteiger partial charge is 0.223 e. The van der Waals surface area contributed by atoms with Gasteiger partial charge in [-0.25, -0.2) is 15.0 Å².